The van der Waals surface area contributed by atoms with Crippen molar-refractivity contribution in [1.82, 2.24) is 5.32 Å². The minimum atomic E-state index is -0.281. The molecule has 3 aromatic rings. The van der Waals surface area contributed by atoms with Crippen LogP contribution in [-0.2, 0) is 11.3 Å². The van der Waals surface area contributed by atoms with Crippen molar-refractivity contribution in [3.05, 3.63) is 89.1 Å². The number of carbonyl (C=O) groups is 1. The molecule has 3 rings (SSSR count). The predicted molar refractivity (Wildman–Crippen MR) is 97.0 cm³/mol. The number of amides is 1. The summed E-state index contributed by atoms with van der Waals surface area (Å²) in [6.07, 6.45) is 3.32. The van der Waals surface area contributed by atoms with Crippen LogP contribution >= 0.6 is 11.3 Å². The monoisotopic (exact) mass is 337 g/mol. The Morgan fingerprint density at radius 1 is 1.00 bits per heavy atom. The first kappa shape index (κ1) is 16.1. The summed E-state index contributed by atoms with van der Waals surface area (Å²) in [4.78, 5) is 14.1. The average molecular weight is 337 g/mol. The van der Waals surface area contributed by atoms with Crippen LogP contribution in [0.2, 0.25) is 0 Å². The lowest BCUT2D eigenvalue weighted by Crippen LogP contribution is -2.20. The van der Waals surface area contributed by atoms with Crippen molar-refractivity contribution in [2.75, 3.05) is 0 Å². The highest BCUT2D eigenvalue weighted by molar-refractivity contribution is 7.16. The second kappa shape index (κ2) is 7.70. The molecule has 0 aliphatic carbocycles. The summed E-state index contributed by atoms with van der Waals surface area (Å²) in [6, 6.07) is 20.3. The summed E-state index contributed by atoms with van der Waals surface area (Å²) in [7, 11) is 0. The highest BCUT2D eigenvalue weighted by atomic mass is 32.1. The van der Waals surface area contributed by atoms with Crippen LogP contribution in [0.15, 0.2) is 72.8 Å². The van der Waals surface area contributed by atoms with E-state index in [9.17, 15) is 9.18 Å². The lowest BCUT2D eigenvalue weighted by molar-refractivity contribution is -0.116. The minimum Gasteiger partial charge on any atom is -0.348 e. The van der Waals surface area contributed by atoms with Crippen LogP contribution in [0.1, 0.15) is 10.4 Å². The van der Waals surface area contributed by atoms with E-state index in [1.165, 1.54) is 28.6 Å². The van der Waals surface area contributed by atoms with E-state index in [1.54, 1.807) is 29.5 Å². The lowest BCUT2D eigenvalue weighted by Gasteiger charge is -2.02. The molecule has 2 nitrogen and oxygen atoms in total. The molecule has 1 amide bonds. The number of hydrogen-bond acceptors (Lipinski definition) is 2. The fraction of sp³-hybridized carbons (Fsp3) is 0.0500. The van der Waals surface area contributed by atoms with Crippen molar-refractivity contribution in [3.63, 3.8) is 0 Å². The number of carbonyl (C=O) groups excluding carboxylic acids is 1. The molecule has 2 aromatic carbocycles. The van der Waals surface area contributed by atoms with Gasteiger partial charge >= 0.3 is 0 Å². The summed E-state index contributed by atoms with van der Waals surface area (Å²) in [5, 5.41) is 2.78. The van der Waals surface area contributed by atoms with Crippen molar-refractivity contribution < 1.29 is 9.18 Å². The Morgan fingerprint density at radius 2 is 1.75 bits per heavy atom. The molecule has 120 valence electrons. The Labute approximate surface area is 144 Å². The van der Waals surface area contributed by atoms with Crippen LogP contribution in [-0.4, -0.2) is 5.91 Å². The highest BCUT2D eigenvalue weighted by Crippen LogP contribution is 2.28. The zero-order chi connectivity index (χ0) is 16.8. The van der Waals surface area contributed by atoms with Gasteiger partial charge < -0.3 is 5.32 Å². The van der Waals surface area contributed by atoms with E-state index in [0.29, 0.717) is 6.54 Å². The second-order valence-corrected chi connectivity index (χ2v) is 6.36. The quantitative estimate of drug-likeness (QED) is 0.660. The molecule has 0 fully saturated rings. The van der Waals surface area contributed by atoms with Gasteiger partial charge in [0.1, 0.15) is 5.82 Å². The molecule has 0 atom stereocenters. The summed E-state index contributed by atoms with van der Waals surface area (Å²) in [5.41, 5.74) is 2.03. The van der Waals surface area contributed by atoms with Crippen molar-refractivity contribution in [1.29, 1.82) is 0 Å². The predicted octanol–water partition coefficient (Wildman–Crippen LogP) is 4.88. The lowest BCUT2D eigenvalue weighted by atomic mass is 10.2. The molecule has 0 spiro atoms. The van der Waals surface area contributed by atoms with Crippen molar-refractivity contribution in [2.24, 2.45) is 0 Å². The summed E-state index contributed by atoms with van der Waals surface area (Å²) in [5.74, 6) is -0.453. The van der Waals surface area contributed by atoms with Crippen LogP contribution in [0.3, 0.4) is 0 Å². The zero-order valence-corrected chi connectivity index (χ0v) is 13.7. The van der Waals surface area contributed by atoms with Crippen molar-refractivity contribution in [2.45, 2.75) is 6.54 Å². The molecule has 1 N–H and O–H groups in total. The van der Waals surface area contributed by atoms with Gasteiger partial charge in [-0.05, 0) is 41.5 Å². The van der Waals surface area contributed by atoms with Crippen LogP contribution in [0, 0.1) is 5.82 Å². The molecule has 0 saturated heterocycles. The molecular formula is C20H16FNOS. The van der Waals surface area contributed by atoms with Crippen molar-refractivity contribution in [3.8, 4) is 10.4 Å². The van der Waals surface area contributed by atoms with Gasteiger partial charge in [-0.2, -0.15) is 0 Å². The summed E-state index contributed by atoms with van der Waals surface area (Å²) < 4.78 is 12.8. The van der Waals surface area contributed by atoms with Gasteiger partial charge in [0.05, 0.1) is 0 Å². The normalized spacial score (nSPS) is 10.9. The number of halogens is 1. The van der Waals surface area contributed by atoms with Crippen LogP contribution in [0.25, 0.3) is 16.5 Å². The molecule has 4 heteroatoms. The first-order chi connectivity index (χ1) is 11.7. The molecule has 0 aliphatic rings. The average Bonchev–Trinajstić information content (AvgIpc) is 3.09. The van der Waals surface area contributed by atoms with E-state index in [4.69, 9.17) is 0 Å². The second-order valence-electron chi connectivity index (χ2n) is 5.25. The number of hydrogen-bond donors (Lipinski definition) is 1. The standard InChI is InChI=1S/C20H16FNOS/c21-17-8-6-15(7-9-17)14-22-20(23)13-11-18-10-12-19(24-18)16-4-2-1-3-5-16/h1-13H,14H2,(H,22,23)/b13-11+. The van der Waals surface area contributed by atoms with Crippen molar-refractivity contribution >= 4 is 23.3 Å². The number of rotatable bonds is 5. The van der Waals surface area contributed by atoms with Gasteiger partial charge in [0, 0.05) is 22.4 Å². The van der Waals surface area contributed by atoms with Gasteiger partial charge in [-0.25, -0.2) is 4.39 Å². The summed E-state index contributed by atoms with van der Waals surface area (Å²) in [6.45, 7) is 0.378. The molecule has 0 bridgehead atoms. The maximum atomic E-state index is 12.8. The first-order valence-corrected chi connectivity index (χ1v) is 8.38. The van der Waals surface area contributed by atoms with Gasteiger partial charge in [-0.1, -0.05) is 42.5 Å². The third-order valence-corrected chi connectivity index (χ3v) is 4.56. The maximum Gasteiger partial charge on any atom is 0.244 e. The molecule has 0 radical (unpaired) electrons. The molecule has 0 unspecified atom stereocenters. The molecule has 0 saturated carbocycles. The minimum absolute atomic E-state index is 0.172. The van der Waals surface area contributed by atoms with Crippen LogP contribution in [0.4, 0.5) is 4.39 Å². The van der Waals surface area contributed by atoms with Crippen LogP contribution < -0.4 is 5.32 Å². The first-order valence-electron chi connectivity index (χ1n) is 7.56. The molecule has 24 heavy (non-hydrogen) atoms. The Hall–Kier alpha value is -2.72. The van der Waals surface area contributed by atoms with Gasteiger partial charge in [-0.3, -0.25) is 4.79 Å². The molecule has 0 aliphatic heterocycles. The fourth-order valence-corrected chi connectivity index (χ4v) is 3.12. The van der Waals surface area contributed by atoms with Gasteiger partial charge in [0.15, 0.2) is 0 Å². The van der Waals surface area contributed by atoms with E-state index in [1.807, 2.05) is 24.3 Å². The van der Waals surface area contributed by atoms with Crippen LogP contribution in [0.5, 0.6) is 0 Å². The molecule has 1 heterocycles. The third kappa shape index (κ3) is 4.40. The van der Waals surface area contributed by atoms with Gasteiger partial charge in [0.25, 0.3) is 0 Å². The largest absolute Gasteiger partial charge is 0.348 e. The maximum absolute atomic E-state index is 12.8. The Balaban J connectivity index is 1.56. The Bertz CT molecular complexity index is 838. The topological polar surface area (TPSA) is 29.1 Å². The van der Waals surface area contributed by atoms with Gasteiger partial charge in [-0.15, -0.1) is 11.3 Å². The fourth-order valence-electron chi connectivity index (χ4n) is 2.21. The number of thiophene rings is 1. The highest BCUT2D eigenvalue weighted by Gasteiger charge is 2.01. The van der Waals surface area contributed by atoms with E-state index in [-0.39, 0.29) is 11.7 Å². The third-order valence-electron chi connectivity index (χ3n) is 3.46. The van der Waals surface area contributed by atoms with E-state index < -0.39 is 0 Å². The Kier molecular flexibility index (Phi) is 5.18. The summed E-state index contributed by atoms with van der Waals surface area (Å²) >= 11 is 1.64. The number of nitrogens with one attached hydrogen (secondary N) is 1. The number of benzene rings is 2. The van der Waals surface area contributed by atoms with Gasteiger partial charge in [0.2, 0.25) is 5.91 Å². The smallest absolute Gasteiger partial charge is 0.244 e. The van der Waals surface area contributed by atoms with E-state index in [2.05, 4.69) is 23.5 Å². The van der Waals surface area contributed by atoms with E-state index >= 15 is 0 Å². The SMILES string of the molecule is O=C(/C=C/c1ccc(-c2ccccc2)s1)NCc1ccc(F)cc1. The molecular weight excluding hydrogens is 321 g/mol. The van der Waals surface area contributed by atoms with E-state index in [0.717, 1.165) is 10.4 Å². The molecule has 1 aromatic heterocycles. The Morgan fingerprint density at radius 3 is 2.50 bits per heavy atom. The zero-order valence-electron chi connectivity index (χ0n) is 12.9.